The molecule has 11 heteroatoms. The van der Waals surface area contributed by atoms with Crippen molar-refractivity contribution in [2.45, 2.75) is 76.3 Å². The average molecular weight is 683 g/mol. The predicted octanol–water partition coefficient (Wildman–Crippen LogP) is 4.40. The van der Waals surface area contributed by atoms with E-state index in [-0.39, 0.29) is 49.6 Å². The van der Waals surface area contributed by atoms with Gasteiger partial charge in [0.05, 0.1) is 18.7 Å². The molecule has 0 unspecified atom stereocenters. The van der Waals surface area contributed by atoms with Gasteiger partial charge in [-0.15, -0.1) is 0 Å². The Morgan fingerprint density at radius 2 is 1.80 bits per heavy atom. The molecular weight excluding hydrogens is 636 g/mol. The van der Waals surface area contributed by atoms with E-state index < -0.39 is 41.3 Å². The van der Waals surface area contributed by atoms with Gasteiger partial charge in [0.25, 0.3) is 5.91 Å². The summed E-state index contributed by atoms with van der Waals surface area (Å²) in [6, 6.07) is 12.3. The number of nitrogens with one attached hydrogen (secondary N) is 1. The van der Waals surface area contributed by atoms with Crippen LogP contribution >= 0.6 is 0 Å². The first-order valence-electron chi connectivity index (χ1n) is 18.1. The van der Waals surface area contributed by atoms with Crippen LogP contribution in [0.15, 0.2) is 54.6 Å². The number of amides is 3. The molecular formula is C39H46N4O7. The van der Waals surface area contributed by atoms with Crippen LogP contribution in [0.2, 0.25) is 0 Å². The number of fused-ring (bicyclic) bond motifs is 4. The van der Waals surface area contributed by atoms with Crippen LogP contribution in [0.3, 0.4) is 0 Å². The van der Waals surface area contributed by atoms with Crippen molar-refractivity contribution in [3.8, 4) is 11.3 Å². The fourth-order valence-corrected chi connectivity index (χ4v) is 8.02. The second-order valence-corrected chi connectivity index (χ2v) is 15.0. The number of carboxylic acid groups (broad SMARTS) is 1. The maximum Gasteiger partial charge on any atom is 0.330 e. The number of hydrogen-bond acceptors (Lipinski definition) is 7. The topological polar surface area (TPSA) is 146 Å². The van der Waals surface area contributed by atoms with Crippen LogP contribution in [0, 0.1) is 36.5 Å². The fourth-order valence-electron chi connectivity index (χ4n) is 8.02. The quantitative estimate of drug-likeness (QED) is 0.323. The molecule has 7 rings (SSSR count). The Bertz CT molecular complexity index is 1690. The van der Waals surface area contributed by atoms with Crippen LogP contribution in [0.5, 0.6) is 0 Å². The van der Waals surface area contributed by atoms with Crippen LogP contribution < -0.4 is 5.32 Å². The van der Waals surface area contributed by atoms with Crippen molar-refractivity contribution in [2.24, 2.45) is 29.6 Å². The molecule has 4 fully saturated rings. The standard InChI is InChI=1S/C39H46N4O7/c1-24-12-16-26(17-13-24)31-10-7-11-32(40-31)37(47)42-20-28-21-43-34(30(28)22-42)35(45)41-39(38(48)49)19-29(39)9-6-4-2-3-5-8-27(36(43)46)18-33(44)50-23-25-14-15-25/h6-7,9-13,16-17,25,27-30,34H,2-5,8,14-15,18-23H2,1H3,(H,41,45)(H,48,49)/b9-6-/t27-,28-,29+,30-,34-,39+/m0/s1. The summed E-state index contributed by atoms with van der Waals surface area (Å²) in [5.41, 5.74) is 1.57. The van der Waals surface area contributed by atoms with E-state index in [1.165, 1.54) is 0 Å². The van der Waals surface area contributed by atoms with Crippen LogP contribution in [0.1, 0.15) is 73.8 Å². The highest BCUT2D eigenvalue weighted by Crippen LogP contribution is 2.46. The van der Waals surface area contributed by atoms with Gasteiger partial charge in [-0.2, -0.15) is 0 Å². The van der Waals surface area contributed by atoms with Crippen LogP contribution in [-0.4, -0.2) is 87.4 Å². The number of carbonyl (C=O) groups excluding carboxylic acids is 4. The van der Waals surface area contributed by atoms with Gasteiger partial charge < -0.3 is 25.0 Å². The zero-order chi connectivity index (χ0) is 35.0. The van der Waals surface area contributed by atoms with Gasteiger partial charge in [-0.3, -0.25) is 19.2 Å². The summed E-state index contributed by atoms with van der Waals surface area (Å²) in [5.74, 6) is -3.75. The van der Waals surface area contributed by atoms with E-state index >= 15 is 0 Å². The molecule has 11 nitrogen and oxygen atoms in total. The molecule has 0 radical (unpaired) electrons. The Morgan fingerprint density at radius 1 is 1.00 bits per heavy atom. The highest BCUT2D eigenvalue weighted by molar-refractivity contribution is 5.97. The normalized spacial score (nSPS) is 30.2. The minimum absolute atomic E-state index is 0.0552. The number of likely N-dealkylation sites (tertiary alicyclic amines) is 1. The highest BCUT2D eigenvalue weighted by atomic mass is 16.5. The van der Waals surface area contributed by atoms with E-state index in [0.29, 0.717) is 36.9 Å². The Balaban J connectivity index is 1.14. The number of aromatic nitrogens is 1. The Kier molecular flexibility index (Phi) is 9.50. The Morgan fingerprint density at radius 3 is 2.56 bits per heavy atom. The number of benzene rings is 1. The number of allylic oxidation sites excluding steroid dienone is 1. The molecule has 264 valence electrons. The average Bonchev–Trinajstić information content (AvgIpc) is 3.99. The molecule has 3 amide bonds. The van der Waals surface area contributed by atoms with Gasteiger partial charge in [0.1, 0.15) is 17.3 Å². The van der Waals surface area contributed by atoms with E-state index in [2.05, 4.69) is 10.3 Å². The third-order valence-corrected chi connectivity index (χ3v) is 11.3. The number of esters is 1. The molecule has 2 N–H and O–H groups in total. The predicted molar refractivity (Wildman–Crippen MR) is 183 cm³/mol. The summed E-state index contributed by atoms with van der Waals surface area (Å²) in [7, 11) is 0. The lowest BCUT2D eigenvalue weighted by molar-refractivity contribution is -0.151. The summed E-state index contributed by atoms with van der Waals surface area (Å²) in [6.45, 7) is 3.17. The molecule has 2 aromatic rings. The van der Waals surface area contributed by atoms with Gasteiger partial charge in [-0.05, 0) is 63.5 Å². The Labute approximate surface area is 292 Å². The molecule has 50 heavy (non-hydrogen) atoms. The second kappa shape index (κ2) is 14.0. The molecule has 2 saturated heterocycles. The summed E-state index contributed by atoms with van der Waals surface area (Å²) >= 11 is 0. The van der Waals surface area contributed by atoms with Crippen molar-refractivity contribution in [3.05, 3.63) is 65.9 Å². The molecule has 5 aliphatic rings. The fraction of sp³-hybridized carbons (Fsp3) is 0.538. The summed E-state index contributed by atoms with van der Waals surface area (Å²) in [6.07, 6.45) is 9.95. The summed E-state index contributed by atoms with van der Waals surface area (Å²) in [4.78, 5) is 75.9. The van der Waals surface area contributed by atoms with Crippen molar-refractivity contribution in [1.29, 1.82) is 0 Å². The van der Waals surface area contributed by atoms with Crippen LogP contribution in [0.4, 0.5) is 0 Å². The lowest BCUT2D eigenvalue weighted by atomic mass is 9.92. The number of rotatable bonds is 7. The third kappa shape index (κ3) is 7.04. The molecule has 0 spiro atoms. The largest absolute Gasteiger partial charge is 0.479 e. The van der Waals surface area contributed by atoms with Gasteiger partial charge in [0.15, 0.2) is 0 Å². The van der Waals surface area contributed by atoms with Gasteiger partial charge in [-0.1, -0.05) is 60.9 Å². The van der Waals surface area contributed by atoms with E-state index in [1.807, 2.05) is 55.5 Å². The monoisotopic (exact) mass is 682 g/mol. The van der Waals surface area contributed by atoms with Crippen LogP contribution in [0.25, 0.3) is 11.3 Å². The highest BCUT2D eigenvalue weighted by Gasteiger charge is 2.62. The van der Waals surface area contributed by atoms with Crippen molar-refractivity contribution in [1.82, 2.24) is 20.1 Å². The zero-order valence-corrected chi connectivity index (χ0v) is 28.6. The van der Waals surface area contributed by atoms with E-state index in [9.17, 15) is 29.1 Å². The van der Waals surface area contributed by atoms with Crippen molar-refractivity contribution in [2.75, 3.05) is 26.2 Å². The number of hydrogen-bond donors (Lipinski definition) is 2. The maximum atomic E-state index is 14.4. The summed E-state index contributed by atoms with van der Waals surface area (Å²) in [5, 5.41) is 13.1. The molecule has 1 aromatic heterocycles. The number of nitrogens with zero attached hydrogens (tertiary/aromatic N) is 3. The molecule has 2 aliphatic carbocycles. The lowest BCUT2D eigenvalue weighted by Gasteiger charge is -2.32. The second-order valence-electron chi connectivity index (χ2n) is 15.0. The van der Waals surface area contributed by atoms with Gasteiger partial charge in [0, 0.05) is 48.9 Å². The van der Waals surface area contributed by atoms with E-state index in [0.717, 1.165) is 49.7 Å². The van der Waals surface area contributed by atoms with E-state index in [4.69, 9.17) is 4.74 Å². The molecule has 1 aromatic carbocycles. The number of carbonyl (C=O) groups is 5. The summed E-state index contributed by atoms with van der Waals surface area (Å²) < 4.78 is 5.52. The van der Waals surface area contributed by atoms with Gasteiger partial charge >= 0.3 is 11.9 Å². The minimum Gasteiger partial charge on any atom is -0.479 e. The Hall–Kier alpha value is -4.54. The number of ether oxygens (including phenoxy) is 1. The van der Waals surface area contributed by atoms with Crippen LogP contribution in [-0.2, 0) is 23.9 Å². The maximum absolute atomic E-state index is 14.4. The van der Waals surface area contributed by atoms with Crippen molar-refractivity contribution in [3.63, 3.8) is 0 Å². The third-order valence-electron chi connectivity index (χ3n) is 11.3. The van der Waals surface area contributed by atoms with Crippen molar-refractivity contribution >= 4 is 29.7 Å². The van der Waals surface area contributed by atoms with Gasteiger partial charge in [-0.25, -0.2) is 9.78 Å². The minimum atomic E-state index is -1.43. The molecule has 3 aliphatic heterocycles. The number of carboxylic acids is 1. The smallest absolute Gasteiger partial charge is 0.330 e. The number of aliphatic carboxylic acids is 1. The first-order chi connectivity index (χ1) is 24.1. The zero-order valence-electron chi connectivity index (χ0n) is 28.6. The lowest BCUT2D eigenvalue weighted by Crippen LogP contribution is -2.56. The van der Waals surface area contributed by atoms with Crippen molar-refractivity contribution < 1.29 is 33.8 Å². The molecule has 6 atom stereocenters. The molecule has 4 heterocycles. The molecule has 2 saturated carbocycles. The number of pyridine rings is 1. The number of aryl methyl sites for hydroxylation is 1. The van der Waals surface area contributed by atoms with Gasteiger partial charge in [0.2, 0.25) is 11.8 Å². The SMILES string of the molecule is Cc1ccc(-c2cccc(C(=O)N3C[C@H]4CN5C(=O)[C@H](CC(=O)OCC6CC6)CCCCC/C=C\[C@@H]6C[C@@]6(C(=O)O)NC(=O)[C@@H]5[C@H]4C3)n2)cc1. The first kappa shape index (κ1) is 33.9. The molecule has 0 bridgehead atoms. The van der Waals surface area contributed by atoms with E-state index in [1.54, 1.807) is 15.9 Å². The first-order valence-corrected chi connectivity index (χ1v) is 18.1.